The predicted octanol–water partition coefficient (Wildman–Crippen LogP) is 5.57. The molecule has 1 rings (SSSR count). The zero-order valence-corrected chi connectivity index (χ0v) is 12.8. The first-order chi connectivity index (χ1) is 8.54. The van der Waals surface area contributed by atoms with Gasteiger partial charge in [0, 0.05) is 0 Å². The van der Waals surface area contributed by atoms with E-state index in [0.29, 0.717) is 0 Å². The topological polar surface area (TPSA) is 17.1 Å². The summed E-state index contributed by atoms with van der Waals surface area (Å²) in [6, 6.07) is 10.3. The van der Waals surface area contributed by atoms with Gasteiger partial charge in [-0.25, -0.2) is 0 Å². The third-order valence-corrected chi connectivity index (χ3v) is 2.15. The first-order valence-electron chi connectivity index (χ1n) is 7.03. The molecule has 104 valence electrons. The molecule has 0 aliphatic heterocycles. The Balaban J connectivity index is 0. The van der Waals surface area contributed by atoms with Gasteiger partial charge < -0.3 is 4.79 Å². The highest BCUT2D eigenvalue weighted by molar-refractivity contribution is 5.72. The lowest BCUT2D eigenvalue weighted by Crippen LogP contribution is -1.70. The number of unbranched alkanes of at least 4 members (excludes halogenated alkanes) is 4. The summed E-state index contributed by atoms with van der Waals surface area (Å²) in [4.78, 5) is 9.44. The molecule has 1 aromatic carbocycles. The Kier molecular flexibility index (Phi) is 17.0. The van der Waals surface area contributed by atoms with Crippen LogP contribution in [0.4, 0.5) is 0 Å². The van der Waals surface area contributed by atoms with Gasteiger partial charge in [0.1, 0.15) is 5.78 Å². The molecule has 0 aromatic heterocycles. The summed E-state index contributed by atoms with van der Waals surface area (Å²) in [6.45, 7) is 9.63. The van der Waals surface area contributed by atoms with Crippen molar-refractivity contribution in [1.29, 1.82) is 0 Å². The molecule has 0 bridgehead atoms. The predicted molar refractivity (Wildman–Crippen MR) is 82.0 cm³/mol. The number of carbonyl (C=O) groups excluding carboxylic acids is 1. The summed E-state index contributed by atoms with van der Waals surface area (Å²) in [7, 11) is 0. The van der Waals surface area contributed by atoms with Gasteiger partial charge in [0.05, 0.1) is 0 Å². The van der Waals surface area contributed by atoms with Crippen LogP contribution in [0.15, 0.2) is 30.3 Å². The Morgan fingerprint density at radius 3 is 1.50 bits per heavy atom. The average molecular weight is 250 g/mol. The number of hydrogen-bond acceptors (Lipinski definition) is 1. The van der Waals surface area contributed by atoms with E-state index in [0.717, 1.165) is 0 Å². The molecular formula is C17H30O. The Hall–Kier alpha value is -1.11. The SMILES string of the molecule is CC(C)=O.CCCCCCC.Cc1ccccc1. The van der Waals surface area contributed by atoms with Gasteiger partial charge in [-0.3, -0.25) is 0 Å². The minimum Gasteiger partial charge on any atom is -0.300 e. The lowest BCUT2D eigenvalue weighted by atomic mass is 10.2. The molecule has 0 fully saturated rings. The van der Waals surface area contributed by atoms with Gasteiger partial charge >= 0.3 is 0 Å². The molecule has 1 nitrogen and oxygen atoms in total. The van der Waals surface area contributed by atoms with E-state index in [1.165, 1.54) is 51.5 Å². The summed E-state index contributed by atoms with van der Waals surface area (Å²) in [6.07, 6.45) is 7.01. The third kappa shape index (κ3) is 24.2. The van der Waals surface area contributed by atoms with Crippen LogP contribution in [0, 0.1) is 6.92 Å². The van der Waals surface area contributed by atoms with E-state index in [2.05, 4.69) is 32.9 Å². The lowest BCUT2D eigenvalue weighted by Gasteiger charge is -1.90. The third-order valence-electron chi connectivity index (χ3n) is 2.15. The van der Waals surface area contributed by atoms with Gasteiger partial charge in [0.2, 0.25) is 0 Å². The fourth-order valence-electron chi connectivity index (χ4n) is 1.21. The van der Waals surface area contributed by atoms with Crippen molar-refractivity contribution in [2.24, 2.45) is 0 Å². The van der Waals surface area contributed by atoms with Gasteiger partial charge in [0.15, 0.2) is 0 Å². The molecule has 0 amide bonds. The van der Waals surface area contributed by atoms with Crippen molar-refractivity contribution < 1.29 is 4.79 Å². The first kappa shape index (κ1) is 19.2. The van der Waals surface area contributed by atoms with Crippen LogP contribution in [0.5, 0.6) is 0 Å². The molecule has 0 saturated carbocycles. The number of aryl methyl sites for hydroxylation is 1. The first-order valence-corrected chi connectivity index (χ1v) is 7.03. The Labute approximate surface area is 114 Å². The van der Waals surface area contributed by atoms with Crippen LogP contribution in [0.25, 0.3) is 0 Å². The van der Waals surface area contributed by atoms with Gasteiger partial charge in [-0.05, 0) is 20.8 Å². The Morgan fingerprint density at radius 1 is 0.889 bits per heavy atom. The maximum Gasteiger partial charge on any atom is 0.126 e. The highest BCUT2D eigenvalue weighted by atomic mass is 16.1. The van der Waals surface area contributed by atoms with Gasteiger partial charge in [0.25, 0.3) is 0 Å². The maximum atomic E-state index is 9.44. The second-order valence-corrected chi connectivity index (χ2v) is 4.62. The standard InChI is InChI=1S/C7H8.C7H16.C3H6O/c1-7-5-3-2-4-6-7;1-3-5-7-6-4-2;1-3(2)4/h2-6H,1H3;3-7H2,1-2H3;1-2H3. The largest absolute Gasteiger partial charge is 0.300 e. The van der Waals surface area contributed by atoms with Crippen LogP contribution in [-0.2, 0) is 4.79 Å². The zero-order chi connectivity index (χ0) is 14.2. The molecule has 0 radical (unpaired) electrons. The molecule has 0 spiro atoms. The number of carbonyl (C=O) groups is 1. The summed E-state index contributed by atoms with van der Waals surface area (Å²) < 4.78 is 0. The van der Waals surface area contributed by atoms with Gasteiger partial charge in [-0.2, -0.15) is 0 Å². The molecule has 0 unspecified atom stereocenters. The quantitative estimate of drug-likeness (QED) is 0.639. The van der Waals surface area contributed by atoms with Crippen LogP contribution in [-0.4, -0.2) is 5.78 Å². The fraction of sp³-hybridized carbons (Fsp3) is 0.588. The molecule has 0 heterocycles. The second kappa shape index (κ2) is 15.9. The molecule has 0 atom stereocenters. The minimum atomic E-state index is 0.167. The summed E-state index contributed by atoms with van der Waals surface area (Å²) in [5.41, 5.74) is 1.32. The molecular weight excluding hydrogens is 220 g/mol. The van der Waals surface area contributed by atoms with Gasteiger partial charge in [-0.15, -0.1) is 0 Å². The van der Waals surface area contributed by atoms with E-state index in [4.69, 9.17) is 0 Å². The molecule has 0 saturated heterocycles. The maximum absolute atomic E-state index is 9.44. The van der Waals surface area contributed by atoms with Crippen molar-refractivity contribution >= 4 is 5.78 Å². The Bertz CT molecular complexity index is 256. The van der Waals surface area contributed by atoms with Crippen LogP contribution in [0.3, 0.4) is 0 Å². The van der Waals surface area contributed by atoms with Crippen LogP contribution >= 0.6 is 0 Å². The summed E-state index contributed by atoms with van der Waals surface area (Å²) in [5.74, 6) is 0.167. The number of hydrogen-bond donors (Lipinski definition) is 0. The van der Waals surface area contributed by atoms with Gasteiger partial charge in [-0.1, -0.05) is 81.8 Å². The molecule has 0 N–H and O–H groups in total. The van der Waals surface area contributed by atoms with Crippen LogP contribution in [0.1, 0.15) is 65.4 Å². The fourth-order valence-corrected chi connectivity index (χ4v) is 1.21. The number of rotatable bonds is 4. The smallest absolute Gasteiger partial charge is 0.126 e. The molecule has 1 heteroatoms. The number of ketones is 1. The van der Waals surface area contributed by atoms with Crippen molar-refractivity contribution in [3.63, 3.8) is 0 Å². The van der Waals surface area contributed by atoms with Crippen LogP contribution < -0.4 is 0 Å². The Morgan fingerprint density at radius 2 is 1.28 bits per heavy atom. The second-order valence-electron chi connectivity index (χ2n) is 4.62. The molecule has 0 aliphatic carbocycles. The number of Topliss-reactive ketones (excluding diaryl/α,β-unsaturated/α-hetero) is 1. The van der Waals surface area contributed by atoms with Crippen molar-refractivity contribution in [3.05, 3.63) is 35.9 Å². The van der Waals surface area contributed by atoms with E-state index < -0.39 is 0 Å². The van der Waals surface area contributed by atoms with Crippen molar-refractivity contribution in [1.82, 2.24) is 0 Å². The van der Waals surface area contributed by atoms with Crippen molar-refractivity contribution in [2.45, 2.75) is 66.7 Å². The minimum absolute atomic E-state index is 0.167. The summed E-state index contributed by atoms with van der Waals surface area (Å²) >= 11 is 0. The van der Waals surface area contributed by atoms with Crippen LogP contribution in [0.2, 0.25) is 0 Å². The van der Waals surface area contributed by atoms with E-state index in [9.17, 15) is 4.79 Å². The van der Waals surface area contributed by atoms with E-state index in [-0.39, 0.29) is 5.78 Å². The molecule has 18 heavy (non-hydrogen) atoms. The normalized spacial score (nSPS) is 8.50. The molecule has 1 aromatic rings. The highest BCUT2D eigenvalue weighted by Gasteiger charge is 1.80. The summed E-state index contributed by atoms with van der Waals surface area (Å²) in [5, 5.41) is 0. The van der Waals surface area contributed by atoms with Crippen molar-refractivity contribution in [2.75, 3.05) is 0 Å². The van der Waals surface area contributed by atoms with E-state index >= 15 is 0 Å². The lowest BCUT2D eigenvalue weighted by molar-refractivity contribution is -0.114. The zero-order valence-electron chi connectivity index (χ0n) is 12.8. The van der Waals surface area contributed by atoms with E-state index in [1.807, 2.05) is 18.2 Å². The highest BCUT2D eigenvalue weighted by Crippen LogP contribution is 2.00. The average Bonchev–Trinajstić information content (AvgIpc) is 2.31. The van der Waals surface area contributed by atoms with E-state index in [1.54, 1.807) is 0 Å². The number of benzene rings is 1. The van der Waals surface area contributed by atoms with Crippen molar-refractivity contribution in [3.8, 4) is 0 Å². The monoisotopic (exact) mass is 250 g/mol. The molecule has 0 aliphatic rings.